The Hall–Kier alpha value is -2.74. The molecule has 0 amide bonds. The van der Waals surface area contributed by atoms with Crippen molar-refractivity contribution in [3.8, 4) is 0 Å². The molecular weight excluding hydrogens is 265 g/mol. The molecule has 0 unspecified atom stereocenters. The average molecular weight is 279 g/mol. The topological polar surface area (TPSA) is 3.24 Å². The largest absolute Gasteiger partial charge is 0.376 e. The highest BCUT2D eigenvalue weighted by molar-refractivity contribution is 6.77. The van der Waals surface area contributed by atoms with E-state index >= 15 is 0 Å². The van der Waals surface area contributed by atoms with Gasteiger partial charge in [-0.3, -0.25) is 0 Å². The predicted octanol–water partition coefficient (Wildman–Crippen LogP) is 5.10. The Labute approximate surface area is 130 Å². The summed E-state index contributed by atoms with van der Waals surface area (Å²) in [6, 6.07) is 21.7. The fraction of sp³-hybridized carbons (Fsp3) is 0. The molecular formula is C20H14BN. The van der Waals surface area contributed by atoms with Crippen LogP contribution in [0.1, 0.15) is 11.1 Å². The van der Waals surface area contributed by atoms with Crippen LogP contribution < -0.4 is 4.81 Å². The molecule has 0 N–H and O–H groups in total. The van der Waals surface area contributed by atoms with Gasteiger partial charge in [0.05, 0.1) is 0 Å². The zero-order chi connectivity index (χ0) is 14.5. The molecule has 0 spiro atoms. The van der Waals surface area contributed by atoms with Crippen molar-refractivity contribution < 1.29 is 0 Å². The highest BCUT2D eigenvalue weighted by Gasteiger charge is 2.30. The first-order valence-corrected chi connectivity index (χ1v) is 7.68. The number of fused-ring (bicyclic) bond motifs is 7. The molecule has 0 aliphatic carbocycles. The number of nitrogens with zero attached hydrogens (tertiary/aromatic N) is 1. The molecule has 0 radical (unpaired) electrons. The van der Waals surface area contributed by atoms with Crippen LogP contribution >= 0.6 is 0 Å². The van der Waals surface area contributed by atoms with Gasteiger partial charge in [-0.2, -0.15) is 0 Å². The first-order valence-electron chi connectivity index (χ1n) is 7.68. The lowest BCUT2D eigenvalue weighted by Gasteiger charge is -2.37. The second-order valence-corrected chi connectivity index (χ2v) is 5.86. The minimum atomic E-state index is 0.299. The maximum absolute atomic E-state index is 2.47. The molecule has 0 saturated carbocycles. The minimum Gasteiger partial charge on any atom is -0.376 e. The molecule has 2 heterocycles. The Morgan fingerprint density at radius 2 is 1.45 bits per heavy atom. The van der Waals surface area contributed by atoms with Crippen LogP contribution in [0.15, 0.2) is 72.6 Å². The van der Waals surface area contributed by atoms with Gasteiger partial charge in [0.25, 0.3) is 0 Å². The SMILES string of the molecule is C1=Cc2ccccc2N2B1C=Cc1ccc3ccccc3c12. The van der Waals surface area contributed by atoms with Crippen LogP contribution in [0.25, 0.3) is 22.9 Å². The fourth-order valence-corrected chi connectivity index (χ4v) is 3.59. The van der Waals surface area contributed by atoms with Crippen LogP contribution in [0, 0.1) is 0 Å². The summed E-state index contributed by atoms with van der Waals surface area (Å²) in [5.74, 6) is 4.56. The second kappa shape index (κ2) is 4.38. The average Bonchev–Trinajstić information content (AvgIpc) is 2.60. The van der Waals surface area contributed by atoms with E-state index in [1.54, 1.807) is 0 Å². The van der Waals surface area contributed by atoms with E-state index in [9.17, 15) is 0 Å². The maximum Gasteiger partial charge on any atom is 0.313 e. The van der Waals surface area contributed by atoms with E-state index in [1.165, 1.54) is 33.3 Å². The normalized spacial score (nSPS) is 14.7. The van der Waals surface area contributed by atoms with Gasteiger partial charge in [0, 0.05) is 16.8 Å². The summed E-state index contributed by atoms with van der Waals surface area (Å²) in [4.78, 5) is 2.47. The first-order chi connectivity index (χ1) is 10.9. The van der Waals surface area contributed by atoms with Crippen LogP contribution in [0.5, 0.6) is 0 Å². The number of rotatable bonds is 0. The van der Waals surface area contributed by atoms with Gasteiger partial charge in [-0.15, -0.1) is 0 Å². The molecule has 0 bridgehead atoms. The van der Waals surface area contributed by atoms with Gasteiger partial charge in [0.2, 0.25) is 0 Å². The minimum absolute atomic E-state index is 0.299. The molecule has 2 heteroatoms. The van der Waals surface area contributed by atoms with Crippen molar-refractivity contribution in [2.45, 2.75) is 0 Å². The molecule has 0 atom stereocenters. The van der Waals surface area contributed by atoms with Gasteiger partial charge in [0.1, 0.15) is 0 Å². The highest BCUT2D eigenvalue weighted by Crippen LogP contribution is 2.42. The Morgan fingerprint density at radius 1 is 0.682 bits per heavy atom. The lowest BCUT2D eigenvalue weighted by Crippen LogP contribution is -2.37. The van der Waals surface area contributed by atoms with Gasteiger partial charge < -0.3 is 4.81 Å². The van der Waals surface area contributed by atoms with Crippen molar-refractivity contribution in [1.82, 2.24) is 0 Å². The molecule has 22 heavy (non-hydrogen) atoms. The van der Waals surface area contributed by atoms with Gasteiger partial charge in [-0.05, 0) is 22.6 Å². The zero-order valence-electron chi connectivity index (χ0n) is 12.1. The summed E-state index contributed by atoms with van der Waals surface area (Å²) < 4.78 is 0. The van der Waals surface area contributed by atoms with Crippen molar-refractivity contribution in [3.63, 3.8) is 0 Å². The van der Waals surface area contributed by atoms with Crippen LogP contribution in [-0.2, 0) is 0 Å². The van der Waals surface area contributed by atoms with Crippen LogP contribution in [0.3, 0.4) is 0 Å². The second-order valence-electron chi connectivity index (χ2n) is 5.86. The van der Waals surface area contributed by atoms with Crippen molar-refractivity contribution in [2.75, 3.05) is 4.81 Å². The van der Waals surface area contributed by atoms with Crippen LogP contribution in [0.2, 0.25) is 0 Å². The Morgan fingerprint density at radius 3 is 2.41 bits per heavy atom. The molecule has 0 fully saturated rings. The molecule has 1 nitrogen and oxygen atoms in total. The molecule has 3 aromatic carbocycles. The molecule has 2 aliphatic rings. The predicted molar refractivity (Wildman–Crippen MR) is 96.4 cm³/mol. The fourth-order valence-electron chi connectivity index (χ4n) is 3.59. The molecule has 102 valence electrons. The van der Waals surface area contributed by atoms with E-state index in [-0.39, 0.29) is 0 Å². The summed E-state index contributed by atoms with van der Waals surface area (Å²) in [6.45, 7) is 0.299. The van der Waals surface area contributed by atoms with Crippen LogP contribution in [-0.4, -0.2) is 6.85 Å². The lowest BCUT2D eigenvalue weighted by atomic mass is 9.55. The number of hydrogen-bond donors (Lipinski definition) is 0. The summed E-state index contributed by atoms with van der Waals surface area (Å²) in [5, 5.41) is 2.61. The van der Waals surface area contributed by atoms with Crippen LogP contribution in [0.4, 0.5) is 11.4 Å². The summed E-state index contributed by atoms with van der Waals surface area (Å²) >= 11 is 0. The standard InChI is InChI=1S/C20H14BN/c1-3-7-18-15(5-1)9-10-17-12-14-21-13-11-16-6-2-4-8-19(16)22(21)20(17)18/h1-14H. The smallest absolute Gasteiger partial charge is 0.313 e. The number of anilines is 2. The van der Waals surface area contributed by atoms with Crippen molar-refractivity contribution in [3.05, 3.63) is 83.7 Å². The molecule has 0 aromatic heterocycles. The van der Waals surface area contributed by atoms with E-state index in [0.29, 0.717) is 6.85 Å². The van der Waals surface area contributed by atoms with E-state index in [0.717, 1.165) is 0 Å². The third-order valence-corrected chi connectivity index (χ3v) is 4.61. The quantitative estimate of drug-likeness (QED) is 0.517. The Kier molecular flexibility index (Phi) is 2.36. The molecule has 3 aromatic rings. The number of benzene rings is 3. The summed E-state index contributed by atoms with van der Waals surface area (Å²) in [6.07, 6.45) is 4.48. The van der Waals surface area contributed by atoms with E-state index in [2.05, 4.69) is 89.6 Å². The van der Waals surface area contributed by atoms with Gasteiger partial charge in [0.15, 0.2) is 0 Å². The van der Waals surface area contributed by atoms with Crippen molar-refractivity contribution in [1.29, 1.82) is 0 Å². The van der Waals surface area contributed by atoms with Gasteiger partial charge in [-0.1, -0.05) is 78.7 Å². The zero-order valence-corrected chi connectivity index (χ0v) is 12.1. The first kappa shape index (κ1) is 11.9. The summed E-state index contributed by atoms with van der Waals surface area (Å²) in [5.41, 5.74) is 5.19. The van der Waals surface area contributed by atoms with Gasteiger partial charge in [-0.25, -0.2) is 0 Å². The molecule has 0 saturated heterocycles. The lowest BCUT2D eigenvalue weighted by molar-refractivity contribution is 1.36. The van der Waals surface area contributed by atoms with Crippen molar-refractivity contribution >= 4 is 41.1 Å². The van der Waals surface area contributed by atoms with Crippen molar-refractivity contribution in [2.24, 2.45) is 0 Å². The Balaban J connectivity index is 1.87. The van der Waals surface area contributed by atoms with Gasteiger partial charge >= 0.3 is 6.85 Å². The summed E-state index contributed by atoms with van der Waals surface area (Å²) in [7, 11) is 0. The van der Waals surface area contributed by atoms with E-state index in [1.807, 2.05) is 0 Å². The van der Waals surface area contributed by atoms with E-state index < -0.39 is 0 Å². The number of para-hydroxylation sites is 1. The van der Waals surface area contributed by atoms with E-state index in [4.69, 9.17) is 0 Å². The highest BCUT2D eigenvalue weighted by atomic mass is 15.1. The molecule has 2 aliphatic heterocycles. The Bertz CT molecular complexity index is 955. The third-order valence-electron chi connectivity index (χ3n) is 4.61. The number of hydrogen-bond acceptors (Lipinski definition) is 1. The molecule has 5 rings (SSSR count). The third kappa shape index (κ3) is 1.55. The maximum atomic E-state index is 2.47. The monoisotopic (exact) mass is 279 g/mol.